The Bertz CT molecular complexity index is 357. The van der Waals surface area contributed by atoms with Gasteiger partial charge in [0.2, 0.25) is 0 Å². The number of aldehydes is 1. The summed E-state index contributed by atoms with van der Waals surface area (Å²) < 4.78 is 0. The van der Waals surface area contributed by atoms with Crippen molar-refractivity contribution in [2.24, 2.45) is 29.1 Å². The van der Waals surface area contributed by atoms with Crippen LogP contribution in [0, 0.1) is 29.1 Å². The normalized spacial score (nSPS) is 40.2. The van der Waals surface area contributed by atoms with E-state index in [1.165, 1.54) is 32.0 Å². The number of rotatable bonds is 4. The Labute approximate surface area is 118 Å². The molecule has 2 aliphatic rings. The molecule has 0 aromatic carbocycles. The molecule has 1 fully saturated rings. The van der Waals surface area contributed by atoms with E-state index in [0.717, 1.165) is 30.6 Å². The minimum absolute atomic E-state index is 0.279. The van der Waals surface area contributed by atoms with Crippen molar-refractivity contribution in [1.29, 1.82) is 0 Å². The lowest BCUT2D eigenvalue weighted by Gasteiger charge is -2.52. The first-order valence-electron chi connectivity index (χ1n) is 8.15. The van der Waals surface area contributed by atoms with Crippen LogP contribution in [0.4, 0.5) is 0 Å². The Morgan fingerprint density at radius 2 is 2.21 bits per heavy atom. The van der Waals surface area contributed by atoms with Crippen LogP contribution in [-0.2, 0) is 4.79 Å². The molecule has 1 saturated carbocycles. The van der Waals surface area contributed by atoms with E-state index < -0.39 is 0 Å². The van der Waals surface area contributed by atoms with Crippen LogP contribution in [0.2, 0.25) is 0 Å². The van der Waals surface area contributed by atoms with Gasteiger partial charge in [-0.1, -0.05) is 32.4 Å². The molecule has 108 valence electrons. The van der Waals surface area contributed by atoms with Crippen LogP contribution >= 0.6 is 0 Å². The molecule has 1 heteroatoms. The van der Waals surface area contributed by atoms with Gasteiger partial charge in [0.05, 0.1) is 0 Å². The molecule has 1 nitrogen and oxygen atoms in total. The van der Waals surface area contributed by atoms with Crippen molar-refractivity contribution in [3.63, 3.8) is 0 Å². The van der Waals surface area contributed by atoms with E-state index in [1.54, 1.807) is 5.57 Å². The van der Waals surface area contributed by atoms with Crippen LogP contribution in [0.15, 0.2) is 11.6 Å². The Kier molecular flexibility index (Phi) is 4.53. The Morgan fingerprint density at radius 1 is 1.47 bits per heavy atom. The molecule has 5 atom stereocenters. The minimum atomic E-state index is 0.279. The fourth-order valence-corrected chi connectivity index (χ4v) is 4.60. The molecule has 0 aliphatic heterocycles. The SMILES string of the molecule is CC[C@H](C=O)C[C@H]1[C@H](C)CC[C@@]2(C)C(C)=CCC[C@H]12. The summed E-state index contributed by atoms with van der Waals surface area (Å²) in [6.45, 7) is 9.37. The van der Waals surface area contributed by atoms with Gasteiger partial charge in [-0.2, -0.15) is 0 Å². The summed E-state index contributed by atoms with van der Waals surface area (Å²) >= 11 is 0. The first-order chi connectivity index (χ1) is 9.02. The lowest BCUT2D eigenvalue weighted by atomic mass is 9.52. The monoisotopic (exact) mass is 262 g/mol. The minimum Gasteiger partial charge on any atom is -0.303 e. The van der Waals surface area contributed by atoms with Gasteiger partial charge in [0.25, 0.3) is 0 Å². The summed E-state index contributed by atoms with van der Waals surface area (Å²) in [5.41, 5.74) is 2.02. The topological polar surface area (TPSA) is 17.1 Å². The third-order valence-electron chi connectivity index (χ3n) is 6.31. The first-order valence-corrected chi connectivity index (χ1v) is 8.15. The third kappa shape index (κ3) is 2.66. The number of carbonyl (C=O) groups excluding carboxylic acids is 1. The van der Waals surface area contributed by atoms with Crippen molar-refractivity contribution < 1.29 is 4.79 Å². The van der Waals surface area contributed by atoms with Gasteiger partial charge in [0.15, 0.2) is 0 Å². The number of carbonyl (C=O) groups is 1. The Morgan fingerprint density at radius 3 is 2.84 bits per heavy atom. The zero-order chi connectivity index (χ0) is 14.0. The lowest BCUT2D eigenvalue weighted by molar-refractivity contribution is -0.112. The molecule has 2 rings (SSSR count). The Hall–Kier alpha value is -0.590. The summed E-state index contributed by atoms with van der Waals surface area (Å²) in [4.78, 5) is 11.2. The predicted octanol–water partition coefficient (Wildman–Crippen LogP) is 5.01. The predicted molar refractivity (Wildman–Crippen MR) is 80.9 cm³/mol. The molecule has 0 aromatic heterocycles. The molecular weight excluding hydrogens is 232 g/mol. The largest absolute Gasteiger partial charge is 0.303 e. The molecule has 2 aliphatic carbocycles. The molecule has 0 N–H and O–H groups in total. The summed E-state index contributed by atoms with van der Waals surface area (Å²) in [6, 6.07) is 0. The van der Waals surface area contributed by atoms with Crippen molar-refractivity contribution in [3.8, 4) is 0 Å². The fourth-order valence-electron chi connectivity index (χ4n) is 4.60. The standard InChI is InChI=1S/C18H30O/c1-5-15(12-19)11-16-13(2)9-10-18(4)14(3)7-6-8-17(16)18/h7,12-13,15-17H,5-6,8-11H2,1-4H3/t13-,15+,16+,17-,18+/m1/s1. The van der Waals surface area contributed by atoms with E-state index in [2.05, 4.69) is 33.8 Å². The molecule has 0 saturated heterocycles. The molecule has 0 heterocycles. The van der Waals surface area contributed by atoms with Crippen LogP contribution in [0.1, 0.15) is 66.2 Å². The maximum atomic E-state index is 11.2. The molecule has 0 unspecified atom stereocenters. The van der Waals surface area contributed by atoms with Crippen LogP contribution in [-0.4, -0.2) is 6.29 Å². The van der Waals surface area contributed by atoms with E-state index in [4.69, 9.17) is 0 Å². The van der Waals surface area contributed by atoms with Crippen LogP contribution in [0.5, 0.6) is 0 Å². The van der Waals surface area contributed by atoms with E-state index in [1.807, 2.05) is 0 Å². The summed E-state index contributed by atoms with van der Waals surface area (Å²) in [6.07, 6.45) is 11.0. The second-order valence-corrected chi connectivity index (χ2v) is 7.21. The second-order valence-electron chi connectivity index (χ2n) is 7.21. The molecule has 19 heavy (non-hydrogen) atoms. The summed E-state index contributed by atoms with van der Waals surface area (Å²) in [5.74, 6) is 2.62. The van der Waals surface area contributed by atoms with Crippen molar-refractivity contribution in [1.82, 2.24) is 0 Å². The van der Waals surface area contributed by atoms with Gasteiger partial charge in [-0.15, -0.1) is 0 Å². The Balaban J connectivity index is 2.21. The zero-order valence-corrected chi connectivity index (χ0v) is 13.1. The molecule has 0 amide bonds. The zero-order valence-electron chi connectivity index (χ0n) is 13.1. The highest BCUT2D eigenvalue weighted by Gasteiger charge is 2.46. The van der Waals surface area contributed by atoms with Crippen molar-refractivity contribution in [2.45, 2.75) is 66.2 Å². The number of fused-ring (bicyclic) bond motifs is 1. The quantitative estimate of drug-likeness (QED) is 0.514. The molecule has 0 bridgehead atoms. The van der Waals surface area contributed by atoms with Gasteiger partial charge in [-0.3, -0.25) is 0 Å². The number of allylic oxidation sites excluding steroid dienone is 2. The second kappa shape index (κ2) is 5.81. The van der Waals surface area contributed by atoms with Gasteiger partial charge in [0.1, 0.15) is 6.29 Å². The van der Waals surface area contributed by atoms with E-state index in [0.29, 0.717) is 5.41 Å². The third-order valence-corrected chi connectivity index (χ3v) is 6.31. The van der Waals surface area contributed by atoms with Gasteiger partial charge < -0.3 is 4.79 Å². The maximum absolute atomic E-state index is 11.2. The molecule has 0 radical (unpaired) electrons. The van der Waals surface area contributed by atoms with Crippen LogP contribution < -0.4 is 0 Å². The lowest BCUT2D eigenvalue weighted by Crippen LogP contribution is -2.43. The highest BCUT2D eigenvalue weighted by Crippen LogP contribution is 2.56. The van der Waals surface area contributed by atoms with Crippen LogP contribution in [0.3, 0.4) is 0 Å². The van der Waals surface area contributed by atoms with Gasteiger partial charge in [-0.05, 0) is 68.6 Å². The van der Waals surface area contributed by atoms with Gasteiger partial charge >= 0.3 is 0 Å². The number of hydrogen-bond acceptors (Lipinski definition) is 1. The molecule has 0 spiro atoms. The maximum Gasteiger partial charge on any atom is 0.123 e. The number of hydrogen-bond donors (Lipinski definition) is 0. The van der Waals surface area contributed by atoms with Gasteiger partial charge in [0, 0.05) is 5.92 Å². The smallest absolute Gasteiger partial charge is 0.123 e. The average Bonchev–Trinajstić information content (AvgIpc) is 2.41. The van der Waals surface area contributed by atoms with Crippen LogP contribution in [0.25, 0.3) is 0 Å². The van der Waals surface area contributed by atoms with Gasteiger partial charge in [-0.25, -0.2) is 0 Å². The van der Waals surface area contributed by atoms with Crippen molar-refractivity contribution in [3.05, 3.63) is 11.6 Å². The van der Waals surface area contributed by atoms with Crippen molar-refractivity contribution >= 4 is 6.29 Å². The summed E-state index contributed by atoms with van der Waals surface area (Å²) in [5, 5.41) is 0. The van der Waals surface area contributed by atoms with E-state index in [-0.39, 0.29) is 5.92 Å². The summed E-state index contributed by atoms with van der Waals surface area (Å²) in [7, 11) is 0. The highest BCUT2D eigenvalue weighted by atomic mass is 16.1. The van der Waals surface area contributed by atoms with E-state index >= 15 is 0 Å². The van der Waals surface area contributed by atoms with E-state index in [9.17, 15) is 4.79 Å². The highest BCUT2D eigenvalue weighted by molar-refractivity contribution is 5.53. The van der Waals surface area contributed by atoms with Crippen molar-refractivity contribution in [2.75, 3.05) is 0 Å². The average molecular weight is 262 g/mol. The molecular formula is C18H30O. The first kappa shape index (κ1) is 14.8. The fraction of sp³-hybridized carbons (Fsp3) is 0.833. The molecule has 0 aromatic rings.